The van der Waals surface area contributed by atoms with Crippen molar-refractivity contribution in [1.82, 2.24) is 14.9 Å². The molecule has 0 aromatic heterocycles. The normalized spacial score (nSPS) is 17.2. The van der Waals surface area contributed by atoms with Crippen molar-refractivity contribution in [3.8, 4) is 5.75 Å². The summed E-state index contributed by atoms with van der Waals surface area (Å²) in [6.07, 6.45) is 3.83. The average molecular weight is 474 g/mol. The molecule has 7 nitrogen and oxygen atoms in total. The number of piperidine rings is 1. The zero-order valence-corrected chi connectivity index (χ0v) is 20.7. The largest absolute Gasteiger partial charge is 0.495 e. The number of methoxy groups -OCH3 is 1. The van der Waals surface area contributed by atoms with Crippen LogP contribution in [0.25, 0.3) is 0 Å². The fourth-order valence-corrected chi connectivity index (χ4v) is 5.52. The third-order valence-corrected chi connectivity index (χ3v) is 7.59. The number of likely N-dealkylation sites (tertiary alicyclic amines) is 1. The van der Waals surface area contributed by atoms with Gasteiger partial charge in [-0.05, 0) is 69.5 Å². The molecule has 2 aromatic carbocycles. The van der Waals surface area contributed by atoms with E-state index in [9.17, 15) is 13.2 Å². The van der Waals surface area contributed by atoms with E-state index in [4.69, 9.17) is 4.74 Å². The van der Waals surface area contributed by atoms with E-state index in [-0.39, 0.29) is 28.2 Å². The minimum Gasteiger partial charge on any atom is -0.495 e. The van der Waals surface area contributed by atoms with E-state index in [2.05, 4.69) is 34.0 Å². The topological polar surface area (TPSA) is 87.7 Å². The van der Waals surface area contributed by atoms with Gasteiger partial charge in [0.2, 0.25) is 10.0 Å². The number of amides is 1. The second-order valence-electron chi connectivity index (χ2n) is 8.96. The molecule has 8 heteroatoms. The van der Waals surface area contributed by atoms with Crippen LogP contribution in [-0.2, 0) is 23.1 Å². The fourth-order valence-electron chi connectivity index (χ4n) is 4.08. The molecule has 33 heavy (non-hydrogen) atoms. The van der Waals surface area contributed by atoms with Crippen molar-refractivity contribution in [2.45, 2.75) is 70.1 Å². The van der Waals surface area contributed by atoms with Crippen molar-refractivity contribution in [1.29, 1.82) is 0 Å². The van der Waals surface area contributed by atoms with Crippen molar-refractivity contribution in [3.05, 3.63) is 59.2 Å². The molecule has 0 spiro atoms. The lowest BCUT2D eigenvalue weighted by atomic mass is 10.0. The molecule has 1 saturated heterocycles. The third kappa shape index (κ3) is 6.79. The van der Waals surface area contributed by atoms with Gasteiger partial charge in [-0.1, -0.05) is 30.7 Å². The van der Waals surface area contributed by atoms with Gasteiger partial charge in [0.05, 0.1) is 7.11 Å². The Morgan fingerprint density at radius 2 is 1.82 bits per heavy atom. The zero-order valence-electron chi connectivity index (χ0n) is 19.9. The summed E-state index contributed by atoms with van der Waals surface area (Å²) in [6.45, 7) is 8.21. The van der Waals surface area contributed by atoms with Crippen LogP contribution in [0.5, 0.6) is 5.75 Å². The van der Waals surface area contributed by atoms with Crippen LogP contribution in [0.2, 0.25) is 0 Å². The molecule has 1 fully saturated rings. The number of ether oxygens (including phenoxy) is 1. The van der Waals surface area contributed by atoms with Crippen LogP contribution in [0.1, 0.15) is 61.5 Å². The summed E-state index contributed by atoms with van der Waals surface area (Å²) in [6, 6.07) is 13.0. The highest BCUT2D eigenvalue weighted by molar-refractivity contribution is 7.89. The summed E-state index contributed by atoms with van der Waals surface area (Å²) >= 11 is 0. The first-order valence-electron chi connectivity index (χ1n) is 11.5. The Hall–Kier alpha value is -2.42. The first-order valence-corrected chi connectivity index (χ1v) is 13.0. The van der Waals surface area contributed by atoms with E-state index in [0.717, 1.165) is 18.7 Å². The SMILES string of the molecule is COc1ccc(C(=O)NCc2ccc(CN3CCCCC3C)cc2)cc1S(=O)(=O)NC(C)C. The first kappa shape index (κ1) is 25.2. The minimum atomic E-state index is -3.81. The summed E-state index contributed by atoms with van der Waals surface area (Å²) in [5, 5.41) is 2.87. The maximum absolute atomic E-state index is 12.7. The van der Waals surface area contributed by atoms with Gasteiger partial charge in [-0.3, -0.25) is 9.69 Å². The van der Waals surface area contributed by atoms with Crippen molar-refractivity contribution in [2.75, 3.05) is 13.7 Å². The van der Waals surface area contributed by atoms with Gasteiger partial charge >= 0.3 is 0 Å². The zero-order chi connectivity index (χ0) is 24.0. The van der Waals surface area contributed by atoms with E-state index in [1.807, 2.05) is 12.1 Å². The summed E-state index contributed by atoms with van der Waals surface area (Å²) in [4.78, 5) is 15.2. The van der Waals surface area contributed by atoms with E-state index in [1.54, 1.807) is 19.9 Å². The second-order valence-corrected chi connectivity index (χ2v) is 10.6. The van der Waals surface area contributed by atoms with Gasteiger partial charge in [-0.25, -0.2) is 13.1 Å². The van der Waals surface area contributed by atoms with Gasteiger partial charge in [0.15, 0.2) is 0 Å². The quantitative estimate of drug-likeness (QED) is 0.580. The molecule has 1 aliphatic heterocycles. The predicted octanol–water partition coefficient (Wildman–Crippen LogP) is 3.69. The average Bonchev–Trinajstić information content (AvgIpc) is 2.78. The van der Waals surface area contributed by atoms with Crippen LogP contribution in [0.15, 0.2) is 47.4 Å². The molecule has 0 saturated carbocycles. The molecular weight excluding hydrogens is 438 g/mol. The number of carbonyl (C=O) groups is 1. The number of hydrogen-bond donors (Lipinski definition) is 2. The minimum absolute atomic E-state index is 0.0531. The van der Waals surface area contributed by atoms with Crippen molar-refractivity contribution in [2.24, 2.45) is 0 Å². The van der Waals surface area contributed by atoms with E-state index < -0.39 is 10.0 Å². The Balaban J connectivity index is 1.64. The molecule has 1 atom stereocenters. The van der Waals surface area contributed by atoms with Gasteiger partial charge < -0.3 is 10.1 Å². The van der Waals surface area contributed by atoms with Crippen LogP contribution in [0.3, 0.4) is 0 Å². The van der Waals surface area contributed by atoms with Crippen LogP contribution >= 0.6 is 0 Å². The van der Waals surface area contributed by atoms with Crippen LogP contribution in [0, 0.1) is 0 Å². The highest BCUT2D eigenvalue weighted by Crippen LogP contribution is 2.25. The Labute approximate surface area is 197 Å². The lowest BCUT2D eigenvalue weighted by molar-refractivity contribution is 0.0950. The van der Waals surface area contributed by atoms with Crippen molar-refractivity contribution in [3.63, 3.8) is 0 Å². The molecule has 0 radical (unpaired) electrons. The maximum atomic E-state index is 12.7. The summed E-state index contributed by atoms with van der Waals surface area (Å²) in [5.41, 5.74) is 2.51. The van der Waals surface area contributed by atoms with E-state index >= 15 is 0 Å². The van der Waals surface area contributed by atoms with Crippen LogP contribution in [-0.4, -0.2) is 45.0 Å². The number of benzene rings is 2. The van der Waals surface area contributed by atoms with Gasteiger partial charge in [0.25, 0.3) is 5.91 Å². The Morgan fingerprint density at radius 1 is 1.12 bits per heavy atom. The van der Waals surface area contributed by atoms with Gasteiger partial charge in [0.1, 0.15) is 10.6 Å². The third-order valence-electron chi connectivity index (χ3n) is 5.91. The van der Waals surface area contributed by atoms with Gasteiger partial charge in [-0.15, -0.1) is 0 Å². The molecule has 2 aromatic rings. The maximum Gasteiger partial charge on any atom is 0.251 e. The monoisotopic (exact) mass is 473 g/mol. The highest BCUT2D eigenvalue weighted by atomic mass is 32.2. The number of hydrogen-bond acceptors (Lipinski definition) is 5. The molecule has 3 rings (SSSR count). The molecular formula is C25H35N3O4S. The van der Waals surface area contributed by atoms with Crippen molar-refractivity contribution < 1.29 is 17.9 Å². The number of rotatable bonds is 9. The summed E-state index contributed by atoms with van der Waals surface area (Å²) < 4.78 is 33.0. The Bertz CT molecular complexity index is 1050. The predicted molar refractivity (Wildman–Crippen MR) is 130 cm³/mol. The Morgan fingerprint density at radius 3 is 2.45 bits per heavy atom. The molecule has 0 aliphatic carbocycles. The van der Waals surface area contributed by atoms with Crippen LogP contribution < -0.4 is 14.8 Å². The smallest absolute Gasteiger partial charge is 0.251 e. The molecule has 1 amide bonds. The van der Waals surface area contributed by atoms with Crippen molar-refractivity contribution >= 4 is 15.9 Å². The summed E-state index contributed by atoms with van der Waals surface area (Å²) in [5.74, 6) is -0.150. The van der Waals surface area contributed by atoms with Crippen LogP contribution in [0.4, 0.5) is 0 Å². The van der Waals surface area contributed by atoms with Gasteiger partial charge in [-0.2, -0.15) is 0 Å². The Kier molecular flexibility index (Phi) is 8.51. The lowest BCUT2D eigenvalue weighted by Crippen LogP contribution is -2.36. The molecule has 1 heterocycles. The highest BCUT2D eigenvalue weighted by Gasteiger charge is 2.22. The summed E-state index contributed by atoms with van der Waals surface area (Å²) in [7, 11) is -2.40. The number of nitrogens with one attached hydrogen (secondary N) is 2. The second kappa shape index (κ2) is 11.1. The van der Waals surface area contributed by atoms with E-state index in [0.29, 0.717) is 12.6 Å². The fraction of sp³-hybridized carbons (Fsp3) is 0.480. The lowest BCUT2D eigenvalue weighted by Gasteiger charge is -2.33. The standard InChI is InChI=1S/C25H35N3O4S/c1-18(2)27-33(30,31)24-15-22(12-13-23(24)32-4)25(29)26-16-20-8-10-21(11-9-20)17-28-14-6-5-7-19(28)3/h8-13,15,18-19,27H,5-7,14,16-17H2,1-4H3,(H,26,29). The molecule has 1 aliphatic rings. The molecule has 2 N–H and O–H groups in total. The first-order chi connectivity index (χ1) is 15.7. The molecule has 1 unspecified atom stereocenters. The van der Waals surface area contributed by atoms with Gasteiger partial charge in [0, 0.05) is 30.7 Å². The van der Waals surface area contributed by atoms with E-state index in [1.165, 1.54) is 44.1 Å². The number of sulfonamides is 1. The number of nitrogens with zero attached hydrogens (tertiary/aromatic N) is 1. The molecule has 180 valence electrons. The molecule has 0 bridgehead atoms. The number of carbonyl (C=O) groups excluding carboxylic acids is 1.